The summed E-state index contributed by atoms with van der Waals surface area (Å²) in [5.74, 6) is -0.656. The van der Waals surface area contributed by atoms with Crippen molar-refractivity contribution in [2.45, 2.75) is 37.8 Å². The largest absolute Gasteiger partial charge is 0.497 e. The van der Waals surface area contributed by atoms with E-state index in [1.807, 2.05) is 0 Å². The Morgan fingerprint density at radius 3 is 2.30 bits per heavy atom. The van der Waals surface area contributed by atoms with E-state index in [-0.39, 0.29) is 29.7 Å². The number of benzene rings is 2. The van der Waals surface area contributed by atoms with E-state index in [2.05, 4.69) is 10.6 Å². The van der Waals surface area contributed by atoms with Crippen LogP contribution in [0.2, 0.25) is 0 Å². The van der Waals surface area contributed by atoms with Crippen molar-refractivity contribution >= 4 is 17.7 Å². The lowest BCUT2D eigenvalue weighted by Crippen LogP contribution is -2.54. The average Bonchev–Trinajstić information content (AvgIpc) is 3.66. The molecule has 2 aliphatic rings. The number of halogens is 1. The number of rotatable bonds is 7. The van der Waals surface area contributed by atoms with Crippen LogP contribution in [0, 0.1) is 11.7 Å². The van der Waals surface area contributed by atoms with Crippen molar-refractivity contribution < 1.29 is 23.5 Å². The molecule has 2 aromatic carbocycles. The zero-order valence-corrected chi connectivity index (χ0v) is 18.6. The van der Waals surface area contributed by atoms with E-state index in [4.69, 9.17) is 4.74 Å². The molecule has 0 radical (unpaired) electrons. The SMILES string of the molecule is COc1ccc(C(=O)NC(C(=O)NC2CC2)C2CCN(C(=O)c3cccc(F)c3)CC2)cc1. The highest BCUT2D eigenvalue weighted by Gasteiger charge is 2.36. The molecule has 0 bridgehead atoms. The van der Waals surface area contributed by atoms with Crippen molar-refractivity contribution in [3.63, 3.8) is 0 Å². The van der Waals surface area contributed by atoms with Crippen LogP contribution in [0.25, 0.3) is 0 Å². The molecule has 1 aliphatic heterocycles. The number of methoxy groups -OCH3 is 1. The number of amides is 3. The topological polar surface area (TPSA) is 87.7 Å². The van der Waals surface area contributed by atoms with E-state index >= 15 is 0 Å². The van der Waals surface area contributed by atoms with Gasteiger partial charge in [0.05, 0.1) is 7.11 Å². The van der Waals surface area contributed by atoms with Crippen molar-refractivity contribution in [2.24, 2.45) is 5.92 Å². The Morgan fingerprint density at radius 1 is 1.00 bits per heavy atom. The van der Waals surface area contributed by atoms with Crippen LogP contribution in [0.15, 0.2) is 48.5 Å². The summed E-state index contributed by atoms with van der Waals surface area (Å²) in [6.45, 7) is 0.872. The van der Waals surface area contributed by atoms with Crippen LogP contribution in [-0.2, 0) is 4.79 Å². The molecule has 1 heterocycles. The van der Waals surface area contributed by atoms with Gasteiger partial charge in [-0.15, -0.1) is 0 Å². The third kappa shape index (κ3) is 5.69. The maximum atomic E-state index is 13.5. The predicted molar refractivity (Wildman–Crippen MR) is 120 cm³/mol. The van der Waals surface area contributed by atoms with Gasteiger partial charge in [0, 0.05) is 30.3 Å². The Kier molecular flexibility index (Phi) is 6.91. The van der Waals surface area contributed by atoms with Crippen molar-refractivity contribution in [1.82, 2.24) is 15.5 Å². The van der Waals surface area contributed by atoms with Crippen molar-refractivity contribution in [1.29, 1.82) is 0 Å². The summed E-state index contributed by atoms with van der Waals surface area (Å²) in [5, 5.41) is 5.91. The number of carbonyl (C=O) groups is 3. The van der Waals surface area contributed by atoms with Gasteiger partial charge in [-0.2, -0.15) is 0 Å². The molecule has 1 atom stereocenters. The summed E-state index contributed by atoms with van der Waals surface area (Å²) in [6.07, 6.45) is 3.02. The van der Waals surface area contributed by atoms with Gasteiger partial charge in [0.1, 0.15) is 17.6 Å². The van der Waals surface area contributed by atoms with E-state index in [1.165, 1.54) is 18.2 Å². The number of carbonyl (C=O) groups excluding carboxylic acids is 3. The minimum absolute atomic E-state index is 0.109. The summed E-state index contributed by atoms with van der Waals surface area (Å²) in [6, 6.07) is 11.8. The first-order valence-electron chi connectivity index (χ1n) is 11.2. The molecule has 2 N–H and O–H groups in total. The van der Waals surface area contributed by atoms with Crippen LogP contribution in [0.3, 0.4) is 0 Å². The highest BCUT2D eigenvalue weighted by atomic mass is 19.1. The Balaban J connectivity index is 1.42. The summed E-state index contributed by atoms with van der Waals surface area (Å²) < 4.78 is 18.6. The number of piperidine rings is 1. The summed E-state index contributed by atoms with van der Waals surface area (Å²) in [7, 11) is 1.55. The summed E-state index contributed by atoms with van der Waals surface area (Å²) >= 11 is 0. The zero-order valence-electron chi connectivity index (χ0n) is 18.6. The lowest BCUT2D eigenvalue weighted by Gasteiger charge is -2.36. The Hall–Kier alpha value is -3.42. The zero-order chi connectivity index (χ0) is 23.4. The smallest absolute Gasteiger partial charge is 0.253 e. The van der Waals surface area contributed by atoms with Gasteiger partial charge in [-0.1, -0.05) is 6.07 Å². The van der Waals surface area contributed by atoms with E-state index in [0.717, 1.165) is 12.8 Å². The van der Waals surface area contributed by atoms with Crippen molar-refractivity contribution in [3.05, 3.63) is 65.5 Å². The van der Waals surface area contributed by atoms with Crippen molar-refractivity contribution in [2.75, 3.05) is 20.2 Å². The molecule has 3 amide bonds. The molecule has 1 unspecified atom stereocenters. The minimum Gasteiger partial charge on any atom is -0.497 e. The standard InChI is InChI=1S/C25H28FN3O4/c1-33-21-9-5-17(6-10-21)23(30)28-22(24(31)27-20-7-8-20)16-11-13-29(14-12-16)25(32)18-3-2-4-19(26)15-18/h2-6,9-10,15-16,20,22H,7-8,11-14H2,1H3,(H,27,31)(H,28,30). The Bertz CT molecular complexity index is 1010. The number of hydrogen-bond acceptors (Lipinski definition) is 4. The molecule has 8 heteroatoms. The van der Waals surface area contributed by atoms with Gasteiger partial charge in [0.15, 0.2) is 0 Å². The minimum atomic E-state index is -0.688. The molecule has 0 aromatic heterocycles. The molecule has 7 nitrogen and oxygen atoms in total. The van der Waals surface area contributed by atoms with Crippen LogP contribution < -0.4 is 15.4 Å². The molecule has 174 valence electrons. The normalized spacial score (nSPS) is 17.2. The molecule has 0 spiro atoms. The molecule has 1 aliphatic carbocycles. The van der Waals surface area contributed by atoms with Crippen LogP contribution in [0.4, 0.5) is 4.39 Å². The van der Waals surface area contributed by atoms with E-state index in [0.29, 0.717) is 42.8 Å². The fourth-order valence-corrected chi connectivity index (χ4v) is 4.12. The lowest BCUT2D eigenvalue weighted by molar-refractivity contribution is -0.124. The van der Waals surface area contributed by atoms with Crippen LogP contribution >= 0.6 is 0 Å². The second-order valence-corrected chi connectivity index (χ2v) is 8.60. The van der Waals surface area contributed by atoms with E-state index < -0.39 is 11.9 Å². The summed E-state index contributed by atoms with van der Waals surface area (Å²) in [5.41, 5.74) is 0.753. The molecular formula is C25H28FN3O4. The van der Waals surface area contributed by atoms with Crippen LogP contribution in [-0.4, -0.2) is 54.9 Å². The fourth-order valence-electron chi connectivity index (χ4n) is 4.12. The Morgan fingerprint density at radius 2 is 1.70 bits per heavy atom. The van der Waals surface area contributed by atoms with Gasteiger partial charge in [-0.25, -0.2) is 4.39 Å². The number of ether oxygens (including phenoxy) is 1. The van der Waals surface area contributed by atoms with Gasteiger partial charge in [0.25, 0.3) is 11.8 Å². The number of nitrogens with zero attached hydrogens (tertiary/aromatic N) is 1. The predicted octanol–water partition coefficient (Wildman–Crippen LogP) is 2.76. The second-order valence-electron chi connectivity index (χ2n) is 8.60. The second kappa shape index (κ2) is 10.0. The summed E-state index contributed by atoms with van der Waals surface area (Å²) in [4.78, 5) is 40.2. The molecule has 4 rings (SSSR count). The highest BCUT2D eigenvalue weighted by molar-refractivity contribution is 5.98. The third-order valence-electron chi connectivity index (χ3n) is 6.21. The fraction of sp³-hybridized carbons (Fsp3) is 0.400. The van der Waals surface area contributed by atoms with Gasteiger partial charge in [-0.05, 0) is 74.1 Å². The monoisotopic (exact) mass is 453 g/mol. The van der Waals surface area contributed by atoms with Gasteiger partial charge in [0.2, 0.25) is 5.91 Å². The molecule has 1 saturated heterocycles. The molecule has 1 saturated carbocycles. The van der Waals surface area contributed by atoms with Crippen molar-refractivity contribution in [3.8, 4) is 5.75 Å². The number of likely N-dealkylation sites (tertiary alicyclic amines) is 1. The van der Waals surface area contributed by atoms with Gasteiger partial charge in [-0.3, -0.25) is 14.4 Å². The molecule has 2 aromatic rings. The van der Waals surface area contributed by atoms with Crippen LogP contribution in [0.1, 0.15) is 46.4 Å². The highest BCUT2D eigenvalue weighted by Crippen LogP contribution is 2.25. The Labute approximate surface area is 192 Å². The maximum Gasteiger partial charge on any atom is 0.253 e. The van der Waals surface area contributed by atoms with Crippen LogP contribution in [0.5, 0.6) is 5.75 Å². The van der Waals surface area contributed by atoms with Gasteiger partial charge >= 0.3 is 0 Å². The number of nitrogens with one attached hydrogen (secondary N) is 2. The van der Waals surface area contributed by atoms with E-state index in [9.17, 15) is 18.8 Å². The average molecular weight is 454 g/mol. The maximum absolute atomic E-state index is 13.5. The molecule has 33 heavy (non-hydrogen) atoms. The first kappa shape index (κ1) is 22.8. The molecule has 2 fully saturated rings. The quantitative estimate of drug-likeness (QED) is 0.675. The van der Waals surface area contributed by atoms with E-state index in [1.54, 1.807) is 42.3 Å². The third-order valence-corrected chi connectivity index (χ3v) is 6.21. The van der Waals surface area contributed by atoms with Gasteiger partial charge < -0.3 is 20.3 Å². The lowest BCUT2D eigenvalue weighted by atomic mass is 9.88. The number of hydrogen-bond donors (Lipinski definition) is 2. The first-order chi connectivity index (χ1) is 15.9. The molecular weight excluding hydrogens is 425 g/mol. The first-order valence-corrected chi connectivity index (χ1v) is 11.2.